The van der Waals surface area contributed by atoms with Gasteiger partial charge in [0.1, 0.15) is 23.1 Å². The van der Waals surface area contributed by atoms with E-state index in [9.17, 15) is 8.78 Å². The van der Waals surface area contributed by atoms with Crippen molar-refractivity contribution in [2.45, 2.75) is 33.2 Å². The standard InChI is InChI=1S/C19H17F3N4/c1-9-5-11(7-12(20)6-9)15-13(21)8-14-17(16(15)22)26-10(2)24-25-18(26)19(3,4)23-14/h5-8,23H,1-4H3. The fourth-order valence-electron chi connectivity index (χ4n) is 3.50. The van der Waals surface area contributed by atoms with E-state index < -0.39 is 23.0 Å². The molecular formula is C19H17F3N4. The summed E-state index contributed by atoms with van der Waals surface area (Å²) in [5, 5.41) is 11.3. The molecule has 4 nitrogen and oxygen atoms in total. The molecule has 2 heterocycles. The Balaban J connectivity index is 2.05. The maximum absolute atomic E-state index is 15.5. The Kier molecular flexibility index (Phi) is 3.41. The van der Waals surface area contributed by atoms with E-state index >= 15 is 4.39 Å². The zero-order valence-electron chi connectivity index (χ0n) is 14.8. The molecule has 2 aromatic carbocycles. The highest BCUT2D eigenvalue weighted by molar-refractivity contribution is 5.77. The van der Waals surface area contributed by atoms with Crippen molar-refractivity contribution >= 4 is 5.69 Å². The Bertz CT molecular complexity index is 1030. The van der Waals surface area contributed by atoms with Crippen molar-refractivity contribution in [3.8, 4) is 16.8 Å². The van der Waals surface area contributed by atoms with Crippen LogP contribution in [-0.4, -0.2) is 14.8 Å². The minimum atomic E-state index is -0.780. The summed E-state index contributed by atoms with van der Waals surface area (Å²) < 4.78 is 45.6. The largest absolute Gasteiger partial charge is 0.371 e. The van der Waals surface area contributed by atoms with Gasteiger partial charge in [0.25, 0.3) is 0 Å². The third-order valence-corrected chi connectivity index (χ3v) is 4.58. The van der Waals surface area contributed by atoms with Crippen molar-refractivity contribution in [1.29, 1.82) is 0 Å². The SMILES string of the molecule is Cc1cc(F)cc(-c2c(F)cc3c(c2F)-n2c(C)nnc2C(C)(C)N3)c1. The number of fused-ring (bicyclic) bond motifs is 3. The predicted octanol–water partition coefficient (Wildman–Crippen LogP) is 4.63. The zero-order valence-corrected chi connectivity index (χ0v) is 14.8. The highest BCUT2D eigenvalue weighted by Gasteiger charge is 2.37. The lowest BCUT2D eigenvalue weighted by molar-refractivity contribution is 0.517. The van der Waals surface area contributed by atoms with Gasteiger partial charge in [0, 0.05) is 0 Å². The number of benzene rings is 2. The second-order valence-electron chi connectivity index (χ2n) is 7.12. The van der Waals surface area contributed by atoms with Crippen molar-refractivity contribution in [1.82, 2.24) is 14.8 Å². The number of nitrogens with one attached hydrogen (secondary N) is 1. The van der Waals surface area contributed by atoms with Gasteiger partial charge in [0.2, 0.25) is 0 Å². The lowest BCUT2D eigenvalue weighted by Crippen LogP contribution is -2.36. The zero-order chi connectivity index (χ0) is 18.8. The van der Waals surface area contributed by atoms with Gasteiger partial charge in [-0.3, -0.25) is 4.57 Å². The van der Waals surface area contributed by atoms with E-state index in [1.807, 2.05) is 13.8 Å². The summed E-state index contributed by atoms with van der Waals surface area (Å²) in [5.74, 6) is -1.07. The second-order valence-corrected chi connectivity index (χ2v) is 7.12. The Morgan fingerprint density at radius 2 is 1.73 bits per heavy atom. The molecule has 4 rings (SSSR count). The first-order chi connectivity index (χ1) is 12.2. The number of anilines is 1. The van der Waals surface area contributed by atoms with Crippen LogP contribution in [0.25, 0.3) is 16.8 Å². The van der Waals surface area contributed by atoms with Gasteiger partial charge >= 0.3 is 0 Å². The minimum Gasteiger partial charge on any atom is -0.371 e. The van der Waals surface area contributed by atoms with Gasteiger partial charge in [0.15, 0.2) is 11.6 Å². The van der Waals surface area contributed by atoms with E-state index in [2.05, 4.69) is 15.5 Å². The van der Waals surface area contributed by atoms with Crippen molar-refractivity contribution in [3.63, 3.8) is 0 Å². The van der Waals surface area contributed by atoms with Crippen LogP contribution in [0.1, 0.15) is 31.1 Å². The Labute approximate surface area is 148 Å². The Hall–Kier alpha value is -2.83. The molecule has 0 saturated carbocycles. The molecule has 134 valence electrons. The monoisotopic (exact) mass is 358 g/mol. The second kappa shape index (κ2) is 5.33. The van der Waals surface area contributed by atoms with Crippen LogP contribution >= 0.6 is 0 Å². The molecule has 0 radical (unpaired) electrons. The third kappa shape index (κ3) is 2.30. The van der Waals surface area contributed by atoms with E-state index in [1.165, 1.54) is 12.1 Å². The number of halogens is 3. The third-order valence-electron chi connectivity index (χ3n) is 4.58. The van der Waals surface area contributed by atoms with E-state index in [0.717, 1.165) is 6.07 Å². The molecule has 0 aliphatic carbocycles. The van der Waals surface area contributed by atoms with Gasteiger partial charge in [-0.25, -0.2) is 13.2 Å². The van der Waals surface area contributed by atoms with Gasteiger partial charge in [-0.15, -0.1) is 10.2 Å². The summed E-state index contributed by atoms with van der Waals surface area (Å²) in [4.78, 5) is 0. The maximum atomic E-state index is 15.5. The van der Waals surface area contributed by atoms with Crippen molar-refractivity contribution in [2.24, 2.45) is 0 Å². The van der Waals surface area contributed by atoms with Crippen LogP contribution in [0, 0.1) is 31.3 Å². The summed E-state index contributed by atoms with van der Waals surface area (Å²) in [6.45, 7) is 7.09. The van der Waals surface area contributed by atoms with Crippen LogP contribution in [0.3, 0.4) is 0 Å². The number of rotatable bonds is 1. The Morgan fingerprint density at radius 1 is 1.00 bits per heavy atom. The smallest absolute Gasteiger partial charge is 0.162 e. The topological polar surface area (TPSA) is 42.7 Å². The quantitative estimate of drug-likeness (QED) is 0.690. The molecule has 0 spiro atoms. The first-order valence-electron chi connectivity index (χ1n) is 8.19. The molecular weight excluding hydrogens is 341 g/mol. The van der Waals surface area contributed by atoms with Crippen LogP contribution in [0.5, 0.6) is 0 Å². The highest BCUT2D eigenvalue weighted by Crippen LogP contribution is 2.42. The van der Waals surface area contributed by atoms with Crippen LogP contribution in [0.15, 0.2) is 24.3 Å². The molecule has 0 bridgehead atoms. The van der Waals surface area contributed by atoms with Gasteiger partial charge in [-0.2, -0.15) is 0 Å². The van der Waals surface area contributed by atoms with E-state index in [1.54, 1.807) is 24.5 Å². The molecule has 3 aromatic rings. The minimum absolute atomic E-state index is 0.139. The molecule has 0 unspecified atom stereocenters. The molecule has 1 aliphatic heterocycles. The lowest BCUT2D eigenvalue weighted by atomic mass is 9.96. The Morgan fingerprint density at radius 3 is 2.42 bits per heavy atom. The number of hydrogen-bond donors (Lipinski definition) is 1. The van der Waals surface area contributed by atoms with Crippen molar-refractivity contribution in [3.05, 3.63) is 58.9 Å². The molecule has 7 heteroatoms. The van der Waals surface area contributed by atoms with Crippen molar-refractivity contribution < 1.29 is 13.2 Å². The molecule has 1 N–H and O–H groups in total. The number of hydrogen-bond acceptors (Lipinski definition) is 3. The van der Waals surface area contributed by atoms with E-state index in [-0.39, 0.29) is 16.8 Å². The van der Waals surface area contributed by atoms with Gasteiger partial charge < -0.3 is 5.32 Å². The maximum Gasteiger partial charge on any atom is 0.162 e. The molecule has 26 heavy (non-hydrogen) atoms. The van der Waals surface area contributed by atoms with E-state index in [0.29, 0.717) is 22.9 Å². The van der Waals surface area contributed by atoms with Crippen LogP contribution < -0.4 is 5.32 Å². The van der Waals surface area contributed by atoms with Crippen LogP contribution in [-0.2, 0) is 5.54 Å². The van der Waals surface area contributed by atoms with Gasteiger partial charge in [-0.05, 0) is 57.0 Å². The fraction of sp³-hybridized carbons (Fsp3) is 0.263. The van der Waals surface area contributed by atoms with Gasteiger partial charge in [-0.1, -0.05) is 6.07 Å². The predicted molar refractivity (Wildman–Crippen MR) is 92.8 cm³/mol. The summed E-state index contributed by atoms with van der Waals surface area (Å²) in [6, 6.07) is 5.22. The molecule has 0 saturated heterocycles. The fourth-order valence-corrected chi connectivity index (χ4v) is 3.50. The summed E-state index contributed by atoms with van der Waals surface area (Å²) >= 11 is 0. The average molecular weight is 358 g/mol. The summed E-state index contributed by atoms with van der Waals surface area (Å²) in [6.07, 6.45) is 0. The first kappa shape index (κ1) is 16.6. The molecule has 0 fully saturated rings. The van der Waals surface area contributed by atoms with E-state index in [4.69, 9.17) is 0 Å². The summed E-state index contributed by atoms with van der Waals surface area (Å²) in [7, 11) is 0. The molecule has 0 amide bonds. The molecule has 0 atom stereocenters. The molecule has 1 aliphatic rings. The summed E-state index contributed by atoms with van der Waals surface area (Å²) in [5.41, 5.74) is 0.253. The average Bonchev–Trinajstić information content (AvgIpc) is 2.88. The first-order valence-corrected chi connectivity index (χ1v) is 8.19. The number of aryl methyl sites for hydroxylation is 2. The molecule has 1 aromatic heterocycles. The van der Waals surface area contributed by atoms with Crippen molar-refractivity contribution in [2.75, 3.05) is 5.32 Å². The van der Waals surface area contributed by atoms with Crippen LogP contribution in [0.4, 0.5) is 18.9 Å². The van der Waals surface area contributed by atoms with Crippen LogP contribution in [0.2, 0.25) is 0 Å². The highest BCUT2D eigenvalue weighted by atomic mass is 19.1. The number of nitrogens with zero attached hydrogens (tertiary/aromatic N) is 3. The van der Waals surface area contributed by atoms with Gasteiger partial charge in [0.05, 0.1) is 16.8 Å². The lowest BCUT2D eigenvalue weighted by Gasteiger charge is -2.34. The number of aromatic nitrogens is 3. The normalized spacial score (nSPS) is 14.6.